The van der Waals surface area contributed by atoms with Gasteiger partial charge < -0.3 is 15.8 Å². The molecule has 0 saturated heterocycles. The second-order valence-electron chi connectivity index (χ2n) is 8.19. The highest BCUT2D eigenvalue weighted by atomic mass is 35.5. The van der Waals surface area contributed by atoms with Crippen LogP contribution < -0.4 is 16.6 Å². The van der Waals surface area contributed by atoms with Crippen molar-refractivity contribution in [1.82, 2.24) is 19.5 Å². The van der Waals surface area contributed by atoms with Crippen LogP contribution in [0.5, 0.6) is 0 Å². The summed E-state index contributed by atoms with van der Waals surface area (Å²) in [4.78, 5) is 31.3. The standard InChI is InChI=1S/C22H24ClN7O2/c1-3-14(28-19-17(18(24)25-10-26-19)21-27-11(2)9-32-21)20-29-15-6-4-5-13(23)16(15)22(31)30(20)12-7-8-12/h4-6,10-12,14H,3,7-9H2,1-2H3,(H3,24,25,26,28)/t11?,14-/m0/s1. The van der Waals surface area contributed by atoms with E-state index in [-0.39, 0.29) is 29.5 Å². The molecule has 32 heavy (non-hydrogen) atoms. The maximum Gasteiger partial charge on any atom is 0.263 e. The first kappa shape index (κ1) is 20.7. The molecule has 0 spiro atoms. The van der Waals surface area contributed by atoms with E-state index in [0.29, 0.717) is 52.1 Å². The minimum absolute atomic E-state index is 0.0337. The third-order valence-electron chi connectivity index (χ3n) is 5.74. The zero-order valence-corrected chi connectivity index (χ0v) is 18.6. The quantitative estimate of drug-likeness (QED) is 0.586. The molecular formula is C22H24ClN7O2. The van der Waals surface area contributed by atoms with Crippen molar-refractivity contribution in [2.75, 3.05) is 17.7 Å². The molecule has 166 valence electrons. The predicted octanol–water partition coefficient (Wildman–Crippen LogP) is 3.49. The fraction of sp³-hybridized carbons (Fsp3) is 0.409. The summed E-state index contributed by atoms with van der Waals surface area (Å²) in [5.74, 6) is 1.86. The van der Waals surface area contributed by atoms with Crippen molar-refractivity contribution in [2.24, 2.45) is 4.99 Å². The molecule has 5 rings (SSSR count). The Hall–Kier alpha value is -3.20. The van der Waals surface area contributed by atoms with E-state index in [9.17, 15) is 4.79 Å². The van der Waals surface area contributed by atoms with Crippen molar-refractivity contribution in [3.8, 4) is 0 Å². The van der Waals surface area contributed by atoms with Gasteiger partial charge in [0, 0.05) is 6.04 Å². The number of aliphatic imine (C=N–C) groups is 1. The molecule has 10 heteroatoms. The Morgan fingerprint density at radius 3 is 2.84 bits per heavy atom. The summed E-state index contributed by atoms with van der Waals surface area (Å²) < 4.78 is 7.50. The van der Waals surface area contributed by atoms with E-state index in [1.807, 2.05) is 19.9 Å². The van der Waals surface area contributed by atoms with Crippen molar-refractivity contribution < 1.29 is 4.74 Å². The zero-order chi connectivity index (χ0) is 22.4. The number of nitrogens with two attached hydrogens (primary N) is 1. The van der Waals surface area contributed by atoms with Crippen LogP contribution in [0.25, 0.3) is 10.9 Å². The van der Waals surface area contributed by atoms with Crippen LogP contribution in [0, 0.1) is 0 Å². The summed E-state index contributed by atoms with van der Waals surface area (Å²) in [6.07, 6.45) is 3.94. The summed E-state index contributed by atoms with van der Waals surface area (Å²) in [6, 6.07) is 5.20. The highest BCUT2D eigenvalue weighted by Crippen LogP contribution is 2.37. The number of nitrogen functional groups attached to an aromatic ring is 1. The first-order chi connectivity index (χ1) is 15.5. The summed E-state index contributed by atoms with van der Waals surface area (Å²) in [5, 5.41) is 4.30. The van der Waals surface area contributed by atoms with Crippen molar-refractivity contribution in [2.45, 2.75) is 51.2 Å². The van der Waals surface area contributed by atoms with E-state index in [0.717, 1.165) is 12.8 Å². The van der Waals surface area contributed by atoms with E-state index in [1.54, 1.807) is 16.7 Å². The van der Waals surface area contributed by atoms with E-state index < -0.39 is 0 Å². The fourth-order valence-corrected chi connectivity index (χ4v) is 4.25. The number of nitrogens with zero attached hydrogens (tertiary/aromatic N) is 5. The number of benzene rings is 1. The van der Waals surface area contributed by atoms with Crippen LogP contribution in [0.3, 0.4) is 0 Å². The molecule has 0 radical (unpaired) electrons. The van der Waals surface area contributed by atoms with E-state index in [4.69, 9.17) is 27.1 Å². The molecule has 1 saturated carbocycles. The van der Waals surface area contributed by atoms with Crippen LogP contribution in [0.2, 0.25) is 5.02 Å². The van der Waals surface area contributed by atoms with Crippen molar-refractivity contribution >= 4 is 40.0 Å². The second kappa shape index (κ2) is 8.05. The minimum Gasteiger partial charge on any atom is -0.475 e. The molecule has 1 fully saturated rings. The van der Waals surface area contributed by atoms with Crippen LogP contribution in [0.1, 0.15) is 56.6 Å². The predicted molar refractivity (Wildman–Crippen MR) is 124 cm³/mol. The molecule has 2 aliphatic rings. The van der Waals surface area contributed by atoms with Gasteiger partial charge in [0.25, 0.3) is 5.56 Å². The Balaban J connectivity index is 1.62. The molecule has 1 unspecified atom stereocenters. The van der Waals surface area contributed by atoms with Crippen LogP contribution in [0.15, 0.2) is 34.3 Å². The van der Waals surface area contributed by atoms with Gasteiger partial charge in [-0.1, -0.05) is 24.6 Å². The van der Waals surface area contributed by atoms with Crippen molar-refractivity contribution in [3.05, 3.63) is 51.3 Å². The maximum atomic E-state index is 13.4. The summed E-state index contributed by atoms with van der Waals surface area (Å²) in [5.41, 5.74) is 7.16. The lowest BCUT2D eigenvalue weighted by Crippen LogP contribution is -2.29. The van der Waals surface area contributed by atoms with Gasteiger partial charge in [-0.25, -0.2) is 19.9 Å². The third kappa shape index (κ3) is 3.56. The van der Waals surface area contributed by atoms with Crippen molar-refractivity contribution in [1.29, 1.82) is 0 Å². The lowest BCUT2D eigenvalue weighted by Gasteiger charge is -2.23. The Bertz CT molecular complexity index is 1290. The molecule has 3 aromatic rings. The van der Waals surface area contributed by atoms with Gasteiger partial charge in [-0.15, -0.1) is 0 Å². The average Bonchev–Trinajstić information content (AvgIpc) is 3.51. The van der Waals surface area contributed by atoms with E-state index in [1.165, 1.54) is 6.33 Å². The summed E-state index contributed by atoms with van der Waals surface area (Å²) in [6.45, 7) is 4.47. The van der Waals surface area contributed by atoms with Gasteiger partial charge in [0.05, 0.1) is 28.0 Å². The van der Waals surface area contributed by atoms with Crippen LogP contribution >= 0.6 is 11.6 Å². The van der Waals surface area contributed by atoms with Crippen LogP contribution in [-0.2, 0) is 4.74 Å². The number of fused-ring (bicyclic) bond motifs is 1. The summed E-state index contributed by atoms with van der Waals surface area (Å²) in [7, 11) is 0. The van der Waals surface area contributed by atoms with Gasteiger partial charge in [0.15, 0.2) is 0 Å². The van der Waals surface area contributed by atoms with Gasteiger partial charge in [-0.3, -0.25) is 9.36 Å². The second-order valence-corrected chi connectivity index (χ2v) is 8.60. The molecule has 0 bridgehead atoms. The number of ether oxygens (including phenoxy) is 1. The molecule has 0 amide bonds. The number of halogens is 1. The first-order valence-corrected chi connectivity index (χ1v) is 11.1. The first-order valence-electron chi connectivity index (χ1n) is 10.8. The van der Waals surface area contributed by atoms with Crippen LogP contribution in [-0.4, -0.2) is 38.1 Å². The summed E-state index contributed by atoms with van der Waals surface area (Å²) >= 11 is 6.35. The van der Waals surface area contributed by atoms with Gasteiger partial charge >= 0.3 is 0 Å². The lowest BCUT2D eigenvalue weighted by atomic mass is 10.1. The molecule has 2 atom stereocenters. The number of rotatable bonds is 6. The smallest absolute Gasteiger partial charge is 0.263 e. The Labute approximate surface area is 189 Å². The number of hydrogen-bond acceptors (Lipinski definition) is 8. The molecular weight excluding hydrogens is 430 g/mol. The molecule has 3 N–H and O–H groups in total. The fourth-order valence-electron chi connectivity index (χ4n) is 4.00. The SMILES string of the molecule is CC[C@H](Nc1ncnc(N)c1C1=NC(C)CO1)c1nc2cccc(Cl)c2c(=O)n1C1CC1. The minimum atomic E-state index is -0.292. The molecule has 1 aromatic carbocycles. The number of hydrogen-bond donors (Lipinski definition) is 2. The van der Waals surface area contributed by atoms with Gasteiger partial charge in [0.2, 0.25) is 5.90 Å². The molecule has 1 aliphatic heterocycles. The maximum absolute atomic E-state index is 13.4. The van der Waals surface area contributed by atoms with Crippen LogP contribution in [0.4, 0.5) is 11.6 Å². The number of aromatic nitrogens is 4. The monoisotopic (exact) mass is 453 g/mol. The lowest BCUT2D eigenvalue weighted by molar-refractivity contribution is 0.324. The Morgan fingerprint density at radius 2 is 2.16 bits per heavy atom. The van der Waals surface area contributed by atoms with E-state index in [2.05, 4.69) is 20.3 Å². The zero-order valence-electron chi connectivity index (χ0n) is 17.9. The third-order valence-corrected chi connectivity index (χ3v) is 6.05. The Kier molecular flexibility index (Phi) is 5.21. The molecule has 2 aromatic heterocycles. The average molecular weight is 454 g/mol. The highest BCUT2D eigenvalue weighted by molar-refractivity contribution is 6.35. The number of anilines is 2. The Morgan fingerprint density at radius 1 is 1.34 bits per heavy atom. The van der Waals surface area contributed by atoms with Crippen molar-refractivity contribution in [3.63, 3.8) is 0 Å². The molecule has 9 nitrogen and oxygen atoms in total. The topological polar surface area (TPSA) is 120 Å². The highest BCUT2D eigenvalue weighted by Gasteiger charge is 2.32. The van der Waals surface area contributed by atoms with Gasteiger partial charge in [0.1, 0.15) is 36.0 Å². The molecule has 1 aliphatic carbocycles. The number of nitrogens with one attached hydrogen (secondary N) is 1. The van der Waals surface area contributed by atoms with Gasteiger partial charge in [-0.2, -0.15) is 0 Å². The largest absolute Gasteiger partial charge is 0.475 e. The normalized spacial score (nSPS) is 19.0. The van der Waals surface area contributed by atoms with Gasteiger partial charge in [-0.05, 0) is 38.3 Å². The molecule has 3 heterocycles. The van der Waals surface area contributed by atoms with E-state index >= 15 is 0 Å².